The van der Waals surface area contributed by atoms with Gasteiger partial charge in [-0.05, 0) is 66.4 Å². The predicted octanol–water partition coefficient (Wildman–Crippen LogP) is 6.37. The number of anilines is 2. The van der Waals surface area contributed by atoms with Gasteiger partial charge in [0.05, 0.1) is 0 Å². The predicted molar refractivity (Wildman–Crippen MR) is 124 cm³/mol. The van der Waals surface area contributed by atoms with Crippen molar-refractivity contribution in [3.63, 3.8) is 0 Å². The lowest BCUT2D eigenvalue weighted by molar-refractivity contribution is 0.0996. The molecule has 2 amide bonds. The molecule has 3 aromatic carbocycles. The number of benzene rings is 3. The van der Waals surface area contributed by atoms with E-state index in [-0.39, 0.29) is 17.6 Å². The maximum absolute atomic E-state index is 12.6. The third kappa shape index (κ3) is 4.51. The number of hydrogen-bond acceptors (Lipinski definition) is 3. The summed E-state index contributed by atoms with van der Waals surface area (Å²) in [5.74, 6) is 0.181. The van der Waals surface area contributed by atoms with Crippen LogP contribution in [0.5, 0.6) is 0 Å². The van der Waals surface area contributed by atoms with Crippen molar-refractivity contribution in [3.05, 3.63) is 95.2 Å². The first-order valence-corrected chi connectivity index (χ1v) is 10.2. The van der Waals surface area contributed by atoms with Crippen LogP contribution in [0.15, 0.2) is 77.2 Å². The first-order chi connectivity index (χ1) is 14.9. The van der Waals surface area contributed by atoms with Gasteiger partial charge >= 0.3 is 0 Å². The van der Waals surface area contributed by atoms with Gasteiger partial charge in [0.15, 0.2) is 5.76 Å². The van der Waals surface area contributed by atoms with Crippen LogP contribution in [0.1, 0.15) is 51.8 Å². The van der Waals surface area contributed by atoms with Gasteiger partial charge in [-0.3, -0.25) is 9.59 Å². The summed E-state index contributed by atoms with van der Waals surface area (Å²) in [4.78, 5) is 25.1. The minimum absolute atomic E-state index is 0.172. The van der Waals surface area contributed by atoms with Gasteiger partial charge in [-0.15, -0.1) is 0 Å². The first kappa shape index (κ1) is 20.4. The third-order valence-corrected chi connectivity index (χ3v) is 5.22. The fourth-order valence-electron chi connectivity index (χ4n) is 3.38. The summed E-state index contributed by atoms with van der Waals surface area (Å²) >= 11 is 0. The van der Waals surface area contributed by atoms with Gasteiger partial charge in [0.1, 0.15) is 5.58 Å². The van der Waals surface area contributed by atoms with Gasteiger partial charge in [-0.2, -0.15) is 0 Å². The molecule has 0 bridgehead atoms. The summed E-state index contributed by atoms with van der Waals surface area (Å²) in [5, 5.41) is 6.66. The van der Waals surface area contributed by atoms with Crippen molar-refractivity contribution in [2.24, 2.45) is 0 Å². The second kappa shape index (κ2) is 8.48. The number of aryl methyl sites for hydroxylation is 1. The van der Waals surface area contributed by atoms with E-state index in [1.165, 1.54) is 5.56 Å². The van der Waals surface area contributed by atoms with Gasteiger partial charge in [0.2, 0.25) is 0 Å². The number of hydrogen-bond donors (Lipinski definition) is 2. The molecule has 2 N–H and O–H groups in total. The van der Waals surface area contributed by atoms with Gasteiger partial charge in [-0.25, -0.2) is 0 Å². The molecule has 0 spiro atoms. The van der Waals surface area contributed by atoms with Crippen LogP contribution >= 0.6 is 0 Å². The Labute approximate surface area is 181 Å². The van der Waals surface area contributed by atoms with Crippen LogP contribution in [0.3, 0.4) is 0 Å². The molecular formula is C26H24N2O3. The summed E-state index contributed by atoms with van der Waals surface area (Å²) in [6.07, 6.45) is 0. The molecular weight excluding hydrogens is 388 g/mol. The largest absolute Gasteiger partial charge is 0.451 e. The van der Waals surface area contributed by atoms with Crippen molar-refractivity contribution in [3.8, 4) is 0 Å². The molecule has 0 saturated heterocycles. The molecule has 1 aromatic heterocycles. The number of furan rings is 1. The number of carbonyl (C=O) groups excluding carboxylic acids is 2. The highest BCUT2D eigenvalue weighted by atomic mass is 16.3. The van der Waals surface area contributed by atoms with E-state index in [1.807, 2.05) is 61.5 Å². The Kier molecular flexibility index (Phi) is 5.58. The van der Waals surface area contributed by atoms with Crippen molar-refractivity contribution in [1.82, 2.24) is 0 Å². The van der Waals surface area contributed by atoms with E-state index in [0.717, 1.165) is 10.9 Å². The van der Waals surface area contributed by atoms with Crippen molar-refractivity contribution in [2.45, 2.75) is 26.7 Å². The number of carbonyl (C=O) groups is 2. The molecule has 4 aromatic rings. The van der Waals surface area contributed by atoms with Crippen LogP contribution in [0.4, 0.5) is 11.4 Å². The summed E-state index contributed by atoms with van der Waals surface area (Å²) < 4.78 is 5.62. The maximum Gasteiger partial charge on any atom is 0.291 e. The Morgan fingerprint density at radius 3 is 2.26 bits per heavy atom. The molecule has 0 atom stereocenters. The Morgan fingerprint density at radius 1 is 0.839 bits per heavy atom. The Balaban J connectivity index is 1.44. The zero-order valence-corrected chi connectivity index (χ0v) is 17.7. The highest BCUT2D eigenvalue weighted by molar-refractivity contribution is 6.06. The van der Waals surface area contributed by atoms with E-state index in [9.17, 15) is 9.59 Å². The minimum atomic E-state index is -0.318. The standard InChI is InChI=1S/C26H24N2O3/c1-16(2)18-8-10-19(11-9-18)25(29)27-21-12-13-22(17(3)14-21)28-26(30)24-15-20-6-4-5-7-23(20)31-24/h4-16H,1-3H3,(H,27,29)(H,28,30). The third-order valence-electron chi connectivity index (χ3n) is 5.22. The highest BCUT2D eigenvalue weighted by Crippen LogP contribution is 2.24. The van der Waals surface area contributed by atoms with Crippen molar-refractivity contribution >= 4 is 34.2 Å². The van der Waals surface area contributed by atoms with Gasteiger partial charge in [0.25, 0.3) is 11.8 Å². The van der Waals surface area contributed by atoms with Crippen LogP contribution in [0.25, 0.3) is 11.0 Å². The fraction of sp³-hybridized carbons (Fsp3) is 0.154. The molecule has 0 radical (unpaired) electrons. The van der Waals surface area contributed by atoms with Crippen LogP contribution in [0.2, 0.25) is 0 Å². The quantitative estimate of drug-likeness (QED) is 0.400. The van der Waals surface area contributed by atoms with E-state index < -0.39 is 0 Å². The molecule has 1 heterocycles. The number of rotatable bonds is 5. The second-order valence-corrected chi connectivity index (χ2v) is 7.86. The van der Waals surface area contributed by atoms with E-state index in [1.54, 1.807) is 18.2 Å². The monoisotopic (exact) mass is 412 g/mol. The van der Waals surface area contributed by atoms with Crippen LogP contribution in [-0.4, -0.2) is 11.8 Å². The zero-order chi connectivity index (χ0) is 22.0. The van der Waals surface area contributed by atoms with Gasteiger partial charge < -0.3 is 15.1 Å². The Hall–Kier alpha value is -3.86. The summed E-state index contributed by atoms with van der Waals surface area (Å²) in [5.41, 5.74) is 4.62. The molecule has 156 valence electrons. The summed E-state index contributed by atoms with van der Waals surface area (Å²) in [6.45, 7) is 6.11. The molecule has 5 heteroatoms. The molecule has 0 aliphatic carbocycles. The van der Waals surface area contributed by atoms with Gasteiger partial charge in [-0.1, -0.05) is 44.2 Å². The minimum Gasteiger partial charge on any atom is -0.451 e. The molecule has 4 rings (SSSR count). The van der Waals surface area contributed by atoms with Crippen molar-refractivity contribution < 1.29 is 14.0 Å². The van der Waals surface area contributed by atoms with Gasteiger partial charge in [0, 0.05) is 22.3 Å². The molecule has 31 heavy (non-hydrogen) atoms. The normalized spacial score (nSPS) is 11.0. The molecule has 0 unspecified atom stereocenters. The summed E-state index contributed by atoms with van der Waals surface area (Å²) in [6, 6.07) is 22.2. The number of nitrogens with one attached hydrogen (secondary N) is 2. The lowest BCUT2D eigenvalue weighted by Crippen LogP contribution is -2.14. The molecule has 5 nitrogen and oxygen atoms in total. The van der Waals surface area contributed by atoms with E-state index in [0.29, 0.717) is 28.4 Å². The number of para-hydroxylation sites is 1. The zero-order valence-electron chi connectivity index (χ0n) is 17.7. The Bertz CT molecular complexity index is 1220. The molecule has 0 saturated carbocycles. The first-order valence-electron chi connectivity index (χ1n) is 10.2. The number of fused-ring (bicyclic) bond motifs is 1. The van der Waals surface area contributed by atoms with E-state index >= 15 is 0 Å². The van der Waals surface area contributed by atoms with Crippen LogP contribution in [-0.2, 0) is 0 Å². The van der Waals surface area contributed by atoms with Crippen molar-refractivity contribution in [1.29, 1.82) is 0 Å². The molecule has 0 aliphatic rings. The van der Waals surface area contributed by atoms with E-state index in [4.69, 9.17) is 4.42 Å². The summed E-state index contributed by atoms with van der Waals surface area (Å²) in [7, 11) is 0. The Morgan fingerprint density at radius 2 is 1.58 bits per heavy atom. The average Bonchev–Trinajstić information content (AvgIpc) is 3.20. The SMILES string of the molecule is Cc1cc(NC(=O)c2ccc(C(C)C)cc2)ccc1NC(=O)c1cc2ccccc2o1. The maximum atomic E-state index is 12.6. The van der Waals surface area contributed by atoms with E-state index in [2.05, 4.69) is 24.5 Å². The fourth-order valence-corrected chi connectivity index (χ4v) is 3.38. The lowest BCUT2D eigenvalue weighted by Gasteiger charge is -2.11. The molecule has 0 fully saturated rings. The van der Waals surface area contributed by atoms with Crippen LogP contribution < -0.4 is 10.6 Å². The smallest absolute Gasteiger partial charge is 0.291 e. The highest BCUT2D eigenvalue weighted by Gasteiger charge is 2.14. The molecule has 0 aliphatic heterocycles. The van der Waals surface area contributed by atoms with Crippen LogP contribution in [0, 0.1) is 6.92 Å². The topological polar surface area (TPSA) is 71.3 Å². The lowest BCUT2D eigenvalue weighted by atomic mass is 10.0. The second-order valence-electron chi connectivity index (χ2n) is 7.86. The average molecular weight is 412 g/mol. The number of amides is 2. The van der Waals surface area contributed by atoms with Crippen molar-refractivity contribution in [2.75, 3.05) is 10.6 Å².